The molecule has 5 rings (SSSR count). The zero-order valence-electron chi connectivity index (χ0n) is 22.3. The number of pyridine rings is 3. The van der Waals surface area contributed by atoms with Crippen molar-refractivity contribution in [1.82, 2.24) is 24.6 Å². The second kappa shape index (κ2) is 11.2. The number of aromatic nitrogens is 3. The first-order chi connectivity index (χ1) is 19.6. The number of carbonyl (C=O) groups excluding carboxylic acids is 1. The van der Waals surface area contributed by atoms with Gasteiger partial charge in [-0.15, -0.1) is 0 Å². The molecule has 0 radical (unpaired) electrons. The SMILES string of the molecule is C[C@H](NC(=O)c1c(N)ncc2cccnc12)c1cc2cccc(C#CCNS(C)(=O)=O)c2c(=O)n1-c1ccccc1. The highest BCUT2D eigenvalue weighted by atomic mass is 32.2. The van der Waals surface area contributed by atoms with Gasteiger partial charge in [0, 0.05) is 34.7 Å². The first kappa shape index (κ1) is 27.5. The molecular weight excluding hydrogens is 540 g/mol. The maximum absolute atomic E-state index is 14.1. The third-order valence-corrected chi connectivity index (χ3v) is 7.10. The van der Waals surface area contributed by atoms with Crippen molar-refractivity contribution in [2.45, 2.75) is 13.0 Å². The van der Waals surface area contributed by atoms with Crippen molar-refractivity contribution >= 4 is 43.4 Å². The lowest BCUT2D eigenvalue weighted by Gasteiger charge is -2.21. The molecule has 1 amide bonds. The average molecular weight is 567 g/mol. The van der Waals surface area contributed by atoms with Crippen LogP contribution in [0.3, 0.4) is 0 Å². The van der Waals surface area contributed by atoms with E-state index in [4.69, 9.17) is 5.73 Å². The Bertz CT molecular complexity index is 2030. The van der Waals surface area contributed by atoms with Gasteiger partial charge >= 0.3 is 0 Å². The van der Waals surface area contributed by atoms with Gasteiger partial charge in [-0.05, 0) is 48.7 Å². The van der Waals surface area contributed by atoms with Crippen LogP contribution in [0, 0.1) is 11.8 Å². The number of nitrogens with one attached hydrogen (secondary N) is 2. The van der Waals surface area contributed by atoms with Gasteiger partial charge in [0.05, 0.1) is 29.7 Å². The number of anilines is 1. The van der Waals surface area contributed by atoms with E-state index in [1.54, 1.807) is 61.8 Å². The van der Waals surface area contributed by atoms with Crippen LogP contribution in [0.2, 0.25) is 0 Å². The van der Waals surface area contributed by atoms with E-state index in [1.807, 2.05) is 24.3 Å². The number of nitrogens with zero attached hydrogens (tertiary/aromatic N) is 3. The summed E-state index contributed by atoms with van der Waals surface area (Å²) in [6, 6.07) is 19.1. The van der Waals surface area contributed by atoms with Crippen molar-refractivity contribution in [1.29, 1.82) is 0 Å². The minimum atomic E-state index is -3.40. The Morgan fingerprint density at radius 1 is 1.05 bits per heavy atom. The first-order valence-electron chi connectivity index (χ1n) is 12.6. The third kappa shape index (κ3) is 5.79. The highest BCUT2D eigenvalue weighted by Crippen LogP contribution is 2.25. The number of nitrogen functional groups attached to an aromatic ring is 1. The van der Waals surface area contributed by atoms with Crippen LogP contribution < -0.4 is 21.3 Å². The number of hydrogen-bond acceptors (Lipinski definition) is 7. The van der Waals surface area contributed by atoms with Crippen LogP contribution >= 0.6 is 0 Å². The molecule has 0 bridgehead atoms. The molecule has 11 heteroatoms. The van der Waals surface area contributed by atoms with Crippen molar-refractivity contribution in [2.75, 3.05) is 18.5 Å². The van der Waals surface area contributed by atoms with E-state index >= 15 is 0 Å². The number of benzene rings is 2. The van der Waals surface area contributed by atoms with E-state index in [0.717, 1.165) is 6.26 Å². The standard InChI is InChI=1S/C30H26N6O4S/c1-19(35-29(37)26-27-22(12-7-15-32-27)18-33-28(26)31)24-17-21-10-6-9-20(11-8-16-34-41(2,39)40)25(21)30(38)36(24)23-13-4-3-5-14-23/h3-7,9-10,12-15,17-19,34H,16H2,1-2H3,(H2,31,33)(H,35,37)/t19-/m0/s1. The molecule has 1 atom stereocenters. The monoisotopic (exact) mass is 566 g/mol. The summed E-state index contributed by atoms with van der Waals surface area (Å²) < 4.78 is 26.6. The summed E-state index contributed by atoms with van der Waals surface area (Å²) in [6.07, 6.45) is 4.19. The van der Waals surface area contributed by atoms with Gasteiger partial charge in [-0.25, -0.2) is 18.1 Å². The average Bonchev–Trinajstić information content (AvgIpc) is 2.95. The molecule has 3 heterocycles. The Kier molecular flexibility index (Phi) is 7.52. The summed E-state index contributed by atoms with van der Waals surface area (Å²) in [4.78, 5) is 36.1. The van der Waals surface area contributed by atoms with Crippen LogP contribution in [0.4, 0.5) is 5.82 Å². The molecule has 0 aliphatic heterocycles. The number of nitrogens with two attached hydrogens (primary N) is 1. The molecule has 3 aromatic heterocycles. The van der Waals surface area contributed by atoms with Crippen molar-refractivity contribution < 1.29 is 13.2 Å². The predicted molar refractivity (Wildman–Crippen MR) is 159 cm³/mol. The summed E-state index contributed by atoms with van der Waals surface area (Å²) in [7, 11) is -3.40. The fourth-order valence-corrected chi connectivity index (χ4v) is 4.91. The molecule has 0 aliphatic rings. The lowest BCUT2D eigenvalue weighted by Crippen LogP contribution is -2.33. The van der Waals surface area contributed by atoms with Crippen LogP contribution in [0.5, 0.6) is 0 Å². The maximum Gasteiger partial charge on any atom is 0.264 e. The molecule has 4 N–H and O–H groups in total. The maximum atomic E-state index is 14.1. The Hall–Kier alpha value is -5.05. The molecule has 0 unspecified atom stereocenters. The van der Waals surface area contributed by atoms with Gasteiger partial charge in [0.25, 0.3) is 11.5 Å². The van der Waals surface area contributed by atoms with Crippen molar-refractivity contribution in [2.24, 2.45) is 0 Å². The van der Waals surface area contributed by atoms with E-state index in [2.05, 4.69) is 31.8 Å². The molecule has 0 saturated heterocycles. The quantitative estimate of drug-likeness (QED) is 0.268. The Balaban J connectivity index is 1.61. The van der Waals surface area contributed by atoms with Crippen molar-refractivity contribution in [3.63, 3.8) is 0 Å². The minimum absolute atomic E-state index is 0.0495. The van der Waals surface area contributed by atoms with Gasteiger partial charge in [-0.1, -0.05) is 42.2 Å². The first-order valence-corrected chi connectivity index (χ1v) is 14.5. The summed E-state index contributed by atoms with van der Waals surface area (Å²) >= 11 is 0. The molecule has 0 fully saturated rings. The Labute approximate surface area is 236 Å². The smallest absolute Gasteiger partial charge is 0.264 e. The molecule has 0 saturated carbocycles. The largest absolute Gasteiger partial charge is 0.383 e. The highest BCUT2D eigenvalue weighted by Gasteiger charge is 2.22. The zero-order chi connectivity index (χ0) is 29.1. The molecule has 5 aromatic rings. The molecular formula is C30H26N6O4S. The predicted octanol–water partition coefficient (Wildman–Crippen LogP) is 2.91. The molecule has 0 aliphatic carbocycles. The Morgan fingerprint density at radius 2 is 1.80 bits per heavy atom. The number of fused-ring (bicyclic) bond motifs is 2. The normalized spacial score (nSPS) is 12.0. The van der Waals surface area contributed by atoms with Crippen LogP contribution in [0.15, 0.2) is 83.9 Å². The summed E-state index contributed by atoms with van der Waals surface area (Å²) in [5.74, 6) is 5.26. The second-order valence-electron chi connectivity index (χ2n) is 9.36. The number of rotatable bonds is 6. The van der Waals surface area contributed by atoms with Gasteiger partial charge in [-0.3, -0.25) is 19.1 Å². The van der Waals surface area contributed by atoms with Crippen molar-refractivity contribution in [3.8, 4) is 17.5 Å². The van der Waals surface area contributed by atoms with E-state index in [1.165, 1.54) is 4.57 Å². The molecule has 41 heavy (non-hydrogen) atoms. The van der Waals surface area contributed by atoms with Crippen molar-refractivity contribution in [3.05, 3.63) is 106 Å². The van der Waals surface area contributed by atoms with Crippen LogP contribution in [0.25, 0.3) is 27.4 Å². The molecule has 206 valence electrons. The van der Waals surface area contributed by atoms with Gasteiger partial charge in [-0.2, -0.15) is 0 Å². The van der Waals surface area contributed by atoms with Gasteiger partial charge < -0.3 is 11.1 Å². The molecule has 10 nitrogen and oxygen atoms in total. The topological polar surface area (TPSA) is 149 Å². The van der Waals surface area contributed by atoms with Gasteiger partial charge in [0.15, 0.2) is 0 Å². The van der Waals surface area contributed by atoms with E-state index in [9.17, 15) is 18.0 Å². The number of hydrogen-bond donors (Lipinski definition) is 3. The second-order valence-corrected chi connectivity index (χ2v) is 11.2. The number of amides is 1. The van der Waals surface area contributed by atoms with E-state index in [-0.39, 0.29) is 23.5 Å². The van der Waals surface area contributed by atoms with Gasteiger partial charge in [0.1, 0.15) is 11.4 Å². The number of carbonyl (C=O) groups is 1. The molecule has 2 aromatic carbocycles. The molecule has 0 spiro atoms. The number of sulfonamides is 1. The van der Waals surface area contributed by atoms with Gasteiger partial charge in [0.2, 0.25) is 10.0 Å². The Morgan fingerprint density at radius 3 is 2.56 bits per heavy atom. The third-order valence-electron chi connectivity index (χ3n) is 6.43. The summed E-state index contributed by atoms with van der Waals surface area (Å²) in [5.41, 5.74) is 7.93. The van der Waals surface area contributed by atoms with Crippen LogP contribution in [-0.2, 0) is 10.0 Å². The zero-order valence-corrected chi connectivity index (χ0v) is 23.1. The minimum Gasteiger partial charge on any atom is -0.383 e. The van der Waals surface area contributed by atoms with E-state index < -0.39 is 22.0 Å². The lowest BCUT2D eigenvalue weighted by molar-refractivity contribution is 0.0941. The highest BCUT2D eigenvalue weighted by molar-refractivity contribution is 7.88. The lowest BCUT2D eigenvalue weighted by atomic mass is 10.0. The van der Waals surface area contributed by atoms with Crippen LogP contribution in [0.1, 0.15) is 34.6 Å². The fraction of sp³-hybridized carbons (Fsp3) is 0.133. The fourth-order valence-electron chi connectivity index (χ4n) is 4.58. The van der Waals surface area contributed by atoms with Crippen LogP contribution in [-0.4, -0.2) is 41.7 Å². The summed E-state index contributed by atoms with van der Waals surface area (Å²) in [6.45, 7) is 1.69. The van der Waals surface area contributed by atoms with E-state index in [0.29, 0.717) is 38.6 Å². The number of para-hydroxylation sites is 1. The summed E-state index contributed by atoms with van der Waals surface area (Å²) in [5, 5.41) is 4.63.